The molecule has 0 aliphatic carbocycles. The van der Waals surface area contributed by atoms with Crippen molar-refractivity contribution < 1.29 is 18.7 Å². The molecule has 134 valence electrons. The molecule has 1 unspecified atom stereocenters. The number of rotatable bonds is 7. The van der Waals surface area contributed by atoms with Gasteiger partial charge in [0.2, 0.25) is 5.91 Å². The van der Waals surface area contributed by atoms with Gasteiger partial charge in [0.05, 0.1) is 17.3 Å². The zero-order valence-corrected chi connectivity index (χ0v) is 16.1. The lowest BCUT2D eigenvalue weighted by molar-refractivity contribution is -0.143. The van der Waals surface area contributed by atoms with Crippen LogP contribution in [0.5, 0.6) is 0 Å². The summed E-state index contributed by atoms with van der Waals surface area (Å²) in [6, 6.07) is 2.57. The smallest absolute Gasteiger partial charge is 0.319 e. The molecule has 0 heterocycles. The molecule has 0 radical (unpaired) electrons. The first-order valence-corrected chi connectivity index (χ1v) is 9.00. The van der Waals surface area contributed by atoms with Crippen molar-refractivity contribution in [2.75, 3.05) is 11.9 Å². The van der Waals surface area contributed by atoms with Crippen molar-refractivity contribution >= 4 is 40.9 Å². The molecule has 0 saturated carbocycles. The predicted octanol–water partition coefficient (Wildman–Crippen LogP) is 4.75. The molecule has 0 bridgehead atoms. The van der Waals surface area contributed by atoms with E-state index in [9.17, 15) is 14.0 Å². The topological polar surface area (TPSA) is 55.4 Å². The molecule has 1 rings (SSSR count). The Kier molecular flexibility index (Phi) is 8.03. The van der Waals surface area contributed by atoms with Gasteiger partial charge in [-0.25, -0.2) is 4.39 Å². The second-order valence-corrected chi connectivity index (χ2v) is 7.98. The van der Waals surface area contributed by atoms with Crippen molar-refractivity contribution in [2.45, 2.75) is 44.8 Å². The first-order valence-electron chi connectivity index (χ1n) is 7.75. The lowest BCUT2D eigenvalue weighted by atomic mass is 10.2. The minimum atomic E-state index is -0.617. The lowest BCUT2D eigenvalue weighted by Gasteiger charge is -2.15. The van der Waals surface area contributed by atoms with Gasteiger partial charge in [0.15, 0.2) is 0 Å². The molecule has 1 aromatic carbocycles. The van der Waals surface area contributed by atoms with Gasteiger partial charge in [-0.1, -0.05) is 39.3 Å². The maximum Gasteiger partial charge on any atom is 0.319 e. The summed E-state index contributed by atoms with van der Waals surface area (Å²) in [6.45, 7) is 9.37. The van der Waals surface area contributed by atoms with Crippen molar-refractivity contribution in [2.24, 2.45) is 11.8 Å². The van der Waals surface area contributed by atoms with E-state index in [4.69, 9.17) is 16.3 Å². The first kappa shape index (κ1) is 20.8. The van der Waals surface area contributed by atoms with Crippen LogP contribution in [0, 0.1) is 17.7 Å². The number of ether oxygens (including phenoxy) is 1. The molecule has 0 spiro atoms. The Hall–Kier alpha value is -1.27. The Morgan fingerprint density at radius 1 is 1.25 bits per heavy atom. The van der Waals surface area contributed by atoms with E-state index >= 15 is 0 Å². The molecule has 0 saturated heterocycles. The Bertz CT molecular complexity index is 608. The number of esters is 1. The summed E-state index contributed by atoms with van der Waals surface area (Å²) in [7, 11) is 0. The normalized spacial score (nSPS) is 12.4. The zero-order chi connectivity index (χ0) is 18.4. The Balaban J connectivity index is 2.87. The van der Waals surface area contributed by atoms with Gasteiger partial charge < -0.3 is 10.1 Å². The van der Waals surface area contributed by atoms with Crippen molar-refractivity contribution in [3.05, 3.63) is 23.0 Å². The largest absolute Gasteiger partial charge is 0.465 e. The number of nitrogens with one attached hydrogen (secondary N) is 1. The summed E-state index contributed by atoms with van der Waals surface area (Å²) in [5.41, 5.74) is 0.0448. The fourth-order valence-corrected chi connectivity index (χ4v) is 2.78. The average Bonchev–Trinajstić information content (AvgIpc) is 2.48. The van der Waals surface area contributed by atoms with E-state index < -0.39 is 11.1 Å². The number of carbonyl (C=O) groups is 2. The van der Waals surface area contributed by atoms with Crippen LogP contribution in [0.25, 0.3) is 0 Å². The number of thioether (sulfide) groups is 1. The lowest BCUT2D eigenvalue weighted by Crippen LogP contribution is -2.20. The Labute approximate surface area is 151 Å². The summed E-state index contributed by atoms with van der Waals surface area (Å²) in [4.78, 5) is 24.2. The van der Waals surface area contributed by atoms with Crippen LogP contribution in [0.2, 0.25) is 5.02 Å². The van der Waals surface area contributed by atoms with Gasteiger partial charge in [0, 0.05) is 10.8 Å². The maximum atomic E-state index is 14.0. The third-order valence-electron chi connectivity index (χ3n) is 3.00. The summed E-state index contributed by atoms with van der Waals surface area (Å²) in [6.07, 6.45) is 0. The number of hydrogen-bond donors (Lipinski definition) is 1. The quantitative estimate of drug-likeness (QED) is 0.551. The van der Waals surface area contributed by atoms with Crippen molar-refractivity contribution in [3.63, 3.8) is 0 Å². The number of halogens is 2. The van der Waals surface area contributed by atoms with Gasteiger partial charge in [0.1, 0.15) is 11.1 Å². The monoisotopic (exact) mass is 375 g/mol. The number of hydrogen-bond acceptors (Lipinski definition) is 4. The molecular formula is C17H23ClFNO3S. The molecule has 1 aromatic rings. The summed E-state index contributed by atoms with van der Waals surface area (Å²) in [5.74, 6) is -1.30. The summed E-state index contributed by atoms with van der Waals surface area (Å²) < 4.78 is 19.1. The van der Waals surface area contributed by atoms with Crippen LogP contribution in [0.3, 0.4) is 0 Å². The highest BCUT2D eigenvalue weighted by atomic mass is 35.5. The minimum Gasteiger partial charge on any atom is -0.465 e. The molecule has 0 aromatic heterocycles. The third kappa shape index (κ3) is 6.32. The van der Waals surface area contributed by atoms with Crippen molar-refractivity contribution in [1.82, 2.24) is 0 Å². The molecule has 1 atom stereocenters. The van der Waals surface area contributed by atoms with E-state index in [2.05, 4.69) is 5.32 Å². The van der Waals surface area contributed by atoms with Gasteiger partial charge in [-0.05, 0) is 25.0 Å². The van der Waals surface area contributed by atoms with Crippen LogP contribution in [-0.2, 0) is 14.3 Å². The van der Waals surface area contributed by atoms with Gasteiger partial charge in [-0.15, -0.1) is 11.8 Å². The highest BCUT2D eigenvalue weighted by Gasteiger charge is 2.20. The molecule has 1 amide bonds. The van der Waals surface area contributed by atoms with Crippen LogP contribution in [-0.4, -0.2) is 23.7 Å². The van der Waals surface area contributed by atoms with Crippen molar-refractivity contribution in [1.29, 1.82) is 0 Å². The summed E-state index contributed by atoms with van der Waals surface area (Å²) >= 11 is 7.22. The average molecular weight is 376 g/mol. The second-order valence-electron chi connectivity index (χ2n) is 6.19. The molecule has 7 heteroatoms. The maximum absolute atomic E-state index is 14.0. The molecule has 24 heavy (non-hydrogen) atoms. The SMILES string of the molecule is CC(C)COC(=O)C(C)Sc1cc(NC(=O)C(C)C)c(F)cc1Cl. The van der Waals surface area contributed by atoms with Gasteiger partial charge in [-0.2, -0.15) is 0 Å². The van der Waals surface area contributed by atoms with Crippen LogP contribution < -0.4 is 5.32 Å². The highest BCUT2D eigenvalue weighted by molar-refractivity contribution is 8.00. The van der Waals surface area contributed by atoms with Crippen LogP contribution in [0.15, 0.2) is 17.0 Å². The molecule has 4 nitrogen and oxygen atoms in total. The molecular weight excluding hydrogens is 353 g/mol. The van der Waals surface area contributed by atoms with E-state index in [1.165, 1.54) is 6.07 Å². The van der Waals surface area contributed by atoms with E-state index in [1.54, 1.807) is 20.8 Å². The Morgan fingerprint density at radius 2 is 1.88 bits per heavy atom. The van der Waals surface area contributed by atoms with Gasteiger partial charge in [-0.3, -0.25) is 9.59 Å². The predicted molar refractivity (Wildman–Crippen MR) is 96.0 cm³/mol. The zero-order valence-electron chi connectivity index (χ0n) is 14.5. The number of amides is 1. The summed E-state index contributed by atoms with van der Waals surface area (Å²) in [5, 5.41) is 2.20. The fraction of sp³-hybridized carbons (Fsp3) is 0.529. The third-order valence-corrected chi connectivity index (χ3v) is 4.56. The standard InChI is InChI=1S/C17H23ClFNO3S/c1-9(2)8-23-17(22)11(5)24-15-7-14(13(19)6-12(15)18)20-16(21)10(3)4/h6-7,9-11H,8H2,1-5H3,(H,20,21). The molecule has 0 aliphatic rings. The van der Waals surface area contributed by atoms with Crippen LogP contribution >= 0.6 is 23.4 Å². The molecule has 1 N–H and O–H groups in total. The number of benzene rings is 1. The van der Waals surface area contributed by atoms with E-state index in [-0.39, 0.29) is 34.4 Å². The Morgan fingerprint density at radius 3 is 2.42 bits per heavy atom. The van der Waals surface area contributed by atoms with Crippen molar-refractivity contribution in [3.8, 4) is 0 Å². The molecule has 0 aliphatic heterocycles. The molecule has 0 fully saturated rings. The number of anilines is 1. The highest BCUT2D eigenvalue weighted by Crippen LogP contribution is 2.35. The van der Waals surface area contributed by atoms with E-state index in [1.807, 2.05) is 13.8 Å². The first-order chi connectivity index (χ1) is 11.1. The van der Waals surface area contributed by atoms with Crippen LogP contribution in [0.1, 0.15) is 34.6 Å². The van der Waals surface area contributed by atoms with Gasteiger partial charge >= 0.3 is 5.97 Å². The minimum absolute atomic E-state index is 0.0448. The number of carbonyl (C=O) groups excluding carboxylic acids is 2. The fourth-order valence-electron chi connectivity index (χ4n) is 1.60. The van der Waals surface area contributed by atoms with Crippen LogP contribution in [0.4, 0.5) is 10.1 Å². The van der Waals surface area contributed by atoms with Gasteiger partial charge in [0.25, 0.3) is 0 Å². The van der Waals surface area contributed by atoms with E-state index in [0.29, 0.717) is 11.5 Å². The second kappa shape index (κ2) is 9.28. The van der Waals surface area contributed by atoms with E-state index in [0.717, 1.165) is 17.8 Å².